The Bertz CT molecular complexity index is 634. The van der Waals surface area contributed by atoms with Crippen LogP contribution in [0.1, 0.15) is 36.6 Å². The lowest BCUT2D eigenvalue weighted by atomic mass is 10.1. The van der Waals surface area contributed by atoms with Gasteiger partial charge in [-0.15, -0.1) is 0 Å². The van der Waals surface area contributed by atoms with Crippen LogP contribution in [0, 0.1) is 17.0 Å². The lowest BCUT2D eigenvalue weighted by Gasteiger charge is -2.07. The lowest BCUT2D eigenvalue weighted by Crippen LogP contribution is -2.13. The van der Waals surface area contributed by atoms with E-state index in [0.717, 1.165) is 11.1 Å². The molecule has 0 aliphatic carbocycles. The molecule has 1 heterocycles. The summed E-state index contributed by atoms with van der Waals surface area (Å²) in [7, 11) is 0. The zero-order valence-electron chi connectivity index (χ0n) is 12.5. The third-order valence-corrected chi connectivity index (χ3v) is 3.44. The van der Waals surface area contributed by atoms with Gasteiger partial charge in [0.25, 0.3) is 5.69 Å². The zero-order valence-corrected chi connectivity index (χ0v) is 12.5. The molecule has 1 aromatic carbocycles. The van der Waals surface area contributed by atoms with E-state index in [1.165, 1.54) is 6.07 Å². The molecule has 1 N–H and O–H groups in total. The number of nitrogens with one attached hydrogen (secondary N) is 1. The van der Waals surface area contributed by atoms with Gasteiger partial charge in [0.2, 0.25) is 0 Å². The molecule has 0 bridgehead atoms. The number of nitro groups is 1. The van der Waals surface area contributed by atoms with Crippen molar-refractivity contribution in [2.75, 3.05) is 0 Å². The average Bonchev–Trinajstić information content (AvgIpc) is 2.89. The molecule has 6 nitrogen and oxygen atoms in total. The van der Waals surface area contributed by atoms with Crippen molar-refractivity contribution in [2.24, 2.45) is 0 Å². The molecule has 0 radical (unpaired) electrons. The summed E-state index contributed by atoms with van der Waals surface area (Å²) in [5, 5.41) is 18.5. The highest BCUT2D eigenvalue weighted by molar-refractivity contribution is 5.44. The molecule has 0 atom stereocenters. The van der Waals surface area contributed by atoms with E-state index in [4.69, 9.17) is 0 Å². The second-order valence-corrected chi connectivity index (χ2v) is 5.34. The summed E-state index contributed by atoms with van der Waals surface area (Å²) in [6.07, 6.45) is 3.85. The van der Waals surface area contributed by atoms with Crippen molar-refractivity contribution in [3.8, 4) is 0 Å². The van der Waals surface area contributed by atoms with Gasteiger partial charge in [-0.25, -0.2) is 0 Å². The summed E-state index contributed by atoms with van der Waals surface area (Å²) in [6.45, 7) is 7.23. The molecule has 0 aliphatic rings. The van der Waals surface area contributed by atoms with E-state index < -0.39 is 0 Å². The van der Waals surface area contributed by atoms with Crippen LogP contribution in [0.25, 0.3) is 0 Å². The Hall–Kier alpha value is -2.21. The van der Waals surface area contributed by atoms with E-state index in [2.05, 4.69) is 24.3 Å². The minimum Gasteiger partial charge on any atom is -0.308 e. The van der Waals surface area contributed by atoms with Crippen LogP contribution in [0.4, 0.5) is 5.69 Å². The van der Waals surface area contributed by atoms with E-state index in [9.17, 15) is 10.1 Å². The topological polar surface area (TPSA) is 73.0 Å². The Kier molecular flexibility index (Phi) is 4.70. The number of benzene rings is 1. The third-order valence-electron chi connectivity index (χ3n) is 3.44. The predicted octanol–water partition coefficient (Wildman–Crippen LogP) is 2.97. The van der Waals surface area contributed by atoms with Gasteiger partial charge >= 0.3 is 0 Å². The van der Waals surface area contributed by atoms with Crippen LogP contribution >= 0.6 is 0 Å². The Morgan fingerprint density at radius 1 is 1.38 bits per heavy atom. The largest absolute Gasteiger partial charge is 0.308 e. The second-order valence-electron chi connectivity index (χ2n) is 5.34. The van der Waals surface area contributed by atoms with Crippen LogP contribution in [-0.4, -0.2) is 14.7 Å². The summed E-state index contributed by atoms with van der Waals surface area (Å²) < 4.78 is 1.91. The Labute approximate surface area is 123 Å². The average molecular weight is 288 g/mol. The van der Waals surface area contributed by atoms with Gasteiger partial charge in [-0.2, -0.15) is 5.10 Å². The second kappa shape index (κ2) is 6.49. The lowest BCUT2D eigenvalue weighted by molar-refractivity contribution is -0.385. The van der Waals surface area contributed by atoms with Gasteiger partial charge in [-0.3, -0.25) is 14.8 Å². The van der Waals surface area contributed by atoms with Crippen molar-refractivity contribution in [1.29, 1.82) is 0 Å². The Balaban J connectivity index is 1.97. The third kappa shape index (κ3) is 3.66. The molecule has 0 aliphatic heterocycles. The molecule has 0 saturated heterocycles. The summed E-state index contributed by atoms with van der Waals surface area (Å²) in [4.78, 5) is 10.6. The van der Waals surface area contributed by atoms with Gasteiger partial charge in [0.15, 0.2) is 0 Å². The van der Waals surface area contributed by atoms with Crippen molar-refractivity contribution in [3.05, 3.63) is 57.4 Å². The SMILES string of the molecule is Cc1c(CNCc2cnn(C(C)C)c2)cccc1[N+](=O)[O-]. The highest BCUT2D eigenvalue weighted by Gasteiger charge is 2.12. The number of aromatic nitrogens is 2. The van der Waals surface area contributed by atoms with Crippen molar-refractivity contribution < 1.29 is 4.92 Å². The van der Waals surface area contributed by atoms with Gasteiger partial charge in [-0.1, -0.05) is 12.1 Å². The molecule has 0 fully saturated rings. The fourth-order valence-corrected chi connectivity index (χ4v) is 2.15. The number of hydrogen-bond donors (Lipinski definition) is 1. The summed E-state index contributed by atoms with van der Waals surface area (Å²) >= 11 is 0. The van der Waals surface area contributed by atoms with E-state index in [1.54, 1.807) is 13.0 Å². The van der Waals surface area contributed by atoms with Crippen LogP contribution in [-0.2, 0) is 13.1 Å². The van der Waals surface area contributed by atoms with Crippen LogP contribution in [0.3, 0.4) is 0 Å². The maximum absolute atomic E-state index is 10.9. The van der Waals surface area contributed by atoms with E-state index in [1.807, 2.05) is 23.1 Å². The molecule has 2 rings (SSSR count). The molecule has 0 unspecified atom stereocenters. The molecule has 1 aromatic heterocycles. The van der Waals surface area contributed by atoms with Crippen LogP contribution in [0.2, 0.25) is 0 Å². The first-order valence-corrected chi connectivity index (χ1v) is 6.95. The van der Waals surface area contributed by atoms with E-state index >= 15 is 0 Å². The summed E-state index contributed by atoms with van der Waals surface area (Å²) in [5.74, 6) is 0. The standard InChI is InChI=1S/C15H20N4O2/c1-11(2)18-10-13(8-17-18)7-16-9-14-5-4-6-15(12(14)3)19(20)21/h4-6,8,10-11,16H,7,9H2,1-3H3. The number of nitrogens with zero attached hydrogens (tertiary/aromatic N) is 3. The predicted molar refractivity (Wildman–Crippen MR) is 81.0 cm³/mol. The number of rotatable bonds is 6. The maximum Gasteiger partial charge on any atom is 0.272 e. The minimum atomic E-state index is -0.342. The molecular formula is C15H20N4O2. The van der Waals surface area contributed by atoms with E-state index in [-0.39, 0.29) is 10.6 Å². The number of hydrogen-bond acceptors (Lipinski definition) is 4. The van der Waals surface area contributed by atoms with Gasteiger partial charge in [-0.05, 0) is 26.3 Å². The molecule has 2 aromatic rings. The van der Waals surface area contributed by atoms with Gasteiger partial charge in [0.05, 0.1) is 11.1 Å². The Morgan fingerprint density at radius 3 is 2.76 bits per heavy atom. The van der Waals surface area contributed by atoms with Crippen LogP contribution in [0.15, 0.2) is 30.6 Å². The quantitative estimate of drug-likeness (QED) is 0.655. The fraction of sp³-hybridized carbons (Fsp3) is 0.400. The highest BCUT2D eigenvalue weighted by Crippen LogP contribution is 2.20. The molecular weight excluding hydrogens is 268 g/mol. The molecule has 21 heavy (non-hydrogen) atoms. The molecule has 0 spiro atoms. The Morgan fingerprint density at radius 2 is 2.14 bits per heavy atom. The first kappa shape index (κ1) is 15.2. The van der Waals surface area contributed by atoms with Crippen LogP contribution in [0.5, 0.6) is 0 Å². The smallest absolute Gasteiger partial charge is 0.272 e. The van der Waals surface area contributed by atoms with Crippen molar-refractivity contribution in [3.63, 3.8) is 0 Å². The van der Waals surface area contributed by atoms with Gasteiger partial charge < -0.3 is 5.32 Å². The monoisotopic (exact) mass is 288 g/mol. The van der Waals surface area contributed by atoms with Crippen molar-refractivity contribution >= 4 is 5.69 Å². The van der Waals surface area contributed by atoms with E-state index in [0.29, 0.717) is 24.7 Å². The normalized spacial score (nSPS) is 11.0. The maximum atomic E-state index is 10.9. The van der Waals surface area contributed by atoms with Crippen molar-refractivity contribution in [2.45, 2.75) is 39.9 Å². The summed E-state index contributed by atoms with van der Waals surface area (Å²) in [6, 6.07) is 5.51. The molecule has 0 amide bonds. The first-order chi connectivity index (χ1) is 9.99. The fourth-order valence-electron chi connectivity index (χ4n) is 2.15. The zero-order chi connectivity index (χ0) is 15.4. The molecule has 6 heteroatoms. The highest BCUT2D eigenvalue weighted by atomic mass is 16.6. The van der Waals surface area contributed by atoms with Crippen molar-refractivity contribution in [1.82, 2.24) is 15.1 Å². The van der Waals surface area contributed by atoms with Gasteiger partial charge in [0, 0.05) is 42.5 Å². The summed E-state index contributed by atoms with van der Waals surface area (Å²) in [5.41, 5.74) is 2.93. The number of nitro benzene ring substituents is 1. The van der Waals surface area contributed by atoms with Gasteiger partial charge in [0.1, 0.15) is 0 Å². The van der Waals surface area contributed by atoms with Crippen LogP contribution < -0.4 is 5.32 Å². The molecule has 112 valence electrons. The minimum absolute atomic E-state index is 0.168. The first-order valence-electron chi connectivity index (χ1n) is 6.95. The molecule has 0 saturated carbocycles.